The third kappa shape index (κ3) is 5.76. The molecule has 2 aromatic rings. The number of nitrogens with zero attached hydrogens (tertiary/aromatic N) is 1. The Morgan fingerprint density at radius 3 is 2.64 bits per heavy atom. The second-order valence-electron chi connectivity index (χ2n) is 9.08. The van der Waals surface area contributed by atoms with Crippen LogP contribution in [0.15, 0.2) is 36.4 Å². The van der Waals surface area contributed by atoms with Gasteiger partial charge in [0.25, 0.3) is 5.91 Å². The number of nitrogens with one attached hydrogen (secondary N) is 1. The van der Waals surface area contributed by atoms with Crippen LogP contribution in [0.1, 0.15) is 48.7 Å². The fourth-order valence-electron chi connectivity index (χ4n) is 3.71. The minimum atomic E-state index is -0.695. The van der Waals surface area contributed by atoms with Gasteiger partial charge in [-0.15, -0.1) is 0 Å². The van der Waals surface area contributed by atoms with Gasteiger partial charge in [0.2, 0.25) is 6.79 Å². The van der Waals surface area contributed by atoms with Crippen LogP contribution < -0.4 is 19.5 Å². The summed E-state index contributed by atoms with van der Waals surface area (Å²) in [6.45, 7) is 7.72. The average Bonchev–Trinajstić information content (AvgIpc) is 3.42. The van der Waals surface area contributed by atoms with Crippen LogP contribution in [-0.2, 0) is 17.7 Å². The molecule has 0 fully saturated rings. The summed E-state index contributed by atoms with van der Waals surface area (Å²) in [4.78, 5) is 27.2. The molecule has 0 aromatic heterocycles. The van der Waals surface area contributed by atoms with Crippen LogP contribution in [0.5, 0.6) is 17.2 Å². The number of hydrogen-bond donors (Lipinski definition) is 1. The molecule has 2 heterocycles. The van der Waals surface area contributed by atoms with Crippen molar-refractivity contribution >= 4 is 12.0 Å². The van der Waals surface area contributed by atoms with Crippen molar-refractivity contribution in [3.8, 4) is 17.2 Å². The first-order valence-electron chi connectivity index (χ1n) is 11.2. The second-order valence-corrected chi connectivity index (χ2v) is 9.08. The highest BCUT2D eigenvalue weighted by Crippen LogP contribution is 2.32. The molecule has 0 atom stereocenters. The maximum Gasteiger partial charge on any atom is 0.417 e. The van der Waals surface area contributed by atoms with Crippen LogP contribution in [0.3, 0.4) is 0 Å². The quantitative estimate of drug-likeness (QED) is 0.635. The smallest absolute Gasteiger partial charge is 0.417 e. The van der Waals surface area contributed by atoms with Gasteiger partial charge >= 0.3 is 6.09 Å². The minimum Gasteiger partial charge on any atom is -0.493 e. The van der Waals surface area contributed by atoms with Crippen molar-refractivity contribution < 1.29 is 28.5 Å². The first-order chi connectivity index (χ1) is 15.8. The van der Waals surface area contributed by atoms with Crippen LogP contribution >= 0.6 is 0 Å². The monoisotopic (exact) mass is 454 g/mol. The van der Waals surface area contributed by atoms with Gasteiger partial charge in [0, 0.05) is 25.1 Å². The maximum atomic E-state index is 13.2. The fraction of sp³-hybridized carbons (Fsp3) is 0.440. The third-order valence-electron chi connectivity index (χ3n) is 5.30. The summed E-state index contributed by atoms with van der Waals surface area (Å²) in [7, 11) is 0. The van der Waals surface area contributed by atoms with E-state index in [0.717, 1.165) is 34.8 Å². The van der Waals surface area contributed by atoms with Crippen LogP contribution in [0.25, 0.3) is 0 Å². The van der Waals surface area contributed by atoms with Crippen molar-refractivity contribution in [2.45, 2.75) is 45.8 Å². The molecule has 176 valence electrons. The van der Waals surface area contributed by atoms with Crippen molar-refractivity contribution in [1.82, 2.24) is 10.2 Å². The van der Waals surface area contributed by atoms with E-state index in [1.165, 1.54) is 4.90 Å². The van der Waals surface area contributed by atoms with E-state index in [9.17, 15) is 9.59 Å². The topological polar surface area (TPSA) is 86.3 Å². The molecule has 0 radical (unpaired) electrons. The van der Waals surface area contributed by atoms with Crippen molar-refractivity contribution in [3.05, 3.63) is 53.1 Å². The van der Waals surface area contributed by atoms with Gasteiger partial charge in [0.05, 0.1) is 6.61 Å². The number of ether oxygens (including phenoxy) is 4. The predicted octanol–water partition coefficient (Wildman–Crippen LogP) is 3.91. The highest BCUT2D eigenvalue weighted by atomic mass is 16.7. The molecule has 0 bridgehead atoms. The normalized spacial score (nSPS) is 13.9. The molecule has 8 heteroatoms. The zero-order valence-electron chi connectivity index (χ0n) is 19.3. The lowest BCUT2D eigenvalue weighted by atomic mass is 10.1. The Morgan fingerprint density at radius 2 is 1.82 bits per heavy atom. The molecule has 0 spiro atoms. The summed E-state index contributed by atoms with van der Waals surface area (Å²) in [5.41, 5.74) is 1.81. The lowest BCUT2D eigenvalue weighted by Gasteiger charge is -2.26. The molecule has 2 amide bonds. The van der Waals surface area contributed by atoms with Gasteiger partial charge in [-0.2, -0.15) is 0 Å². The Hall–Kier alpha value is -3.26. The van der Waals surface area contributed by atoms with Crippen molar-refractivity contribution in [3.63, 3.8) is 0 Å². The average molecular weight is 455 g/mol. The summed E-state index contributed by atoms with van der Waals surface area (Å²) in [6, 6.07) is 11.1. The number of amides is 2. The van der Waals surface area contributed by atoms with E-state index >= 15 is 0 Å². The number of carbonyl (C=O) groups is 2. The number of rotatable bonds is 7. The lowest BCUT2D eigenvalue weighted by Crippen LogP contribution is -2.42. The van der Waals surface area contributed by atoms with Crippen LogP contribution in [-0.4, -0.2) is 49.0 Å². The van der Waals surface area contributed by atoms with Gasteiger partial charge in [0.15, 0.2) is 11.5 Å². The maximum absolute atomic E-state index is 13.2. The molecule has 4 rings (SSSR count). The Bertz CT molecular complexity index is 1030. The largest absolute Gasteiger partial charge is 0.493 e. The van der Waals surface area contributed by atoms with Crippen LogP contribution in [0.4, 0.5) is 4.79 Å². The molecule has 0 saturated carbocycles. The van der Waals surface area contributed by atoms with Gasteiger partial charge in [-0.3, -0.25) is 4.79 Å². The van der Waals surface area contributed by atoms with Crippen molar-refractivity contribution in [1.29, 1.82) is 0 Å². The van der Waals surface area contributed by atoms with Crippen LogP contribution in [0, 0.1) is 0 Å². The van der Waals surface area contributed by atoms with Gasteiger partial charge in [0.1, 0.15) is 11.4 Å². The van der Waals surface area contributed by atoms with E-state index in [4.69, 9.17) is 18.9 Å². The van der Waals surface area contributed by atoms with Gasteiger partial charge in [-0.1, -0.05) is 6.07 Å². The molecule has 0 unspecified atom stereocenters. The summed E-state index contributed by atoms with van der Waals surface area (Å²) in [5, 5.41) is 3.35. The molecular weight excluding hydrogens is 424 g/mol. The number of imide groups is 1. The molecule has 2 aliphatic heterocycles. The molecule has 8 nitrogen and oxygen atoms in total. The zero-order valence-corrected chi connectivity index (χ0v) is 19.3. The first-order valence-corrected chi connectivity index (χ1v) is 11.2. The summed E-state index contributed by atoms with van der Waals surface area (Å²) in [6.07, 6.45) is 0.705. The Morgan fingerprint density at radius 1 is 1.03 bits per heavy atom. The van der Waals surface area contributed by atoms with Crippen molar-refractivity contribution in [2.24, 2.45) is 0 Å². The van der Waals surface area contributed by atoms with Gasteiger partial charge < -0.3 is 24.3 Å². The minimum absolute atomic E-state index is 0.246. The van der Waals surface area contributed by atoms with Gasteiger partial charge in [-0.25, -0.2) is 9.69 Å². The Balaban J connectivity index is 1.35. The SMILES string of the molecule is CC(C)(C)OC(=O)N(CCCNCc1ccc2c(c1)OCO2)C(=O)c1ccc2c(c1)CCO2. The fourth-order valence-corrected chi connectivity index (χ4v) is 3.71. The number of fused-ring (bicyclic) bond motifs is 2. The van der Waals surface area contributed by atoms with E-state index in [0.29, 0.717) is 31.7 Å². The van der Waals surface area contributed by atoms with E-state index in [1.807, 2.05) is 18.2 Å². The van der Waals surface area contributed by atoms with Crippen LogP contribution in [0.2, 0.25) is 0 Å². The van der Waals surface area contributed by atoms with E-state index < -0.39 is 11.7 Å². The summed E-state index contributed by atoms with van der Waals surface area (Å²) >= 11 is 0. The standard InChI is InChI=1S/C25H30N2O6/c1-25(2,3)33-24(29)27(23(28)19-6-8-20-18(14-19)9-12-30-20)11-4-10-26-15-17-5-7-21-22(13-17)32-16-31-21/h5-8,13-14,26H,4,9-12,15-16H2,1-3H3. The Labute approximate surface area is 193 Å². The summed E-state index contributed by atoms with van der Waals surface area (Å²) in [5.74, 6) is 1.93. The highest BCUT2D eigenvalue weighted by Gasteiger charge is 2.28. The summed E-state index contributed by atoms with van der Waals surface area (Å²) < 4.78 is 21.8. The zero-order chi connectivity index (χ0) is 23.4. The molecule has 1 N–H and O–H groups in total. The molecule has 0 aliphatic carbocycles. The molecule has 33 heavy (non-hydrogen) atoms. The van der Waals surface area contributed by atoms with Crippen molar-refractivity contribution in [2.75, 3.05) is 26.5 Å². The second kappa shape index (κ2) is 9.70. The lowest BCUT2D eigenvalue weighted by molar-refractivity contribution is 0.0239. The number of carbonyl (C=O) groups excluding carboxylic acids is 2. The number of hydrogen-bond acceptors (Lipinski definition) is 7. The highest BCUT2D eigenvalue weighted by molar-refractivity contribution is 6.03. The third-order valence-corrected chi connectivity index (χ3v) is 5.30. The molecule has 2 aromatic carbocycles. The van der Waals surface area contributed by atoms with E-state index in [-0.39, 0.29) is 19.2 Å². The van der Waals surface area contributed by atoms with E-state index in [1.54, 1.807) is 39.0 Å². The molecule has 2 aliphatic rings. The predicted molar refractivity (Wildman–Crippen MR) is 122 cm³/mol. The molecule has 0 saturated heterocycles. The first kappa shape index (κ1) is 22.9. The van der Waals surface area contributed by atoms with Gasteiger partial charge in [-0.05, 0) is 75.2 Å². The van der Waals surface area contributed by atoms with E-state index in [2.05, 4.69) is 5.32 Å². The Kier molecular flexibility index (Phi) is 6.74. The number of benzene rings is 2. The molecular formula is C25H30N2O6.